The molecule has 5 heteroatoms. The van der Waals surface area contributed by atoms with Gasteiger partial charge in [-0.2, -0.15) is 5.26 Å². The van der Waals surface area contributed by atoms with Crippen LogP contribution in [0.25, 0.3) is 0 Å². The Hall–Kier alpha value is -2.45. The zero-order valence-corrected chi connectivity index (χ0v) is 13.5. The molecule has 116 valence electrons. The molecular formula is C18H16N2O2S. The van der Waals surface area contributed by atoms with E-state index < -0.39 is 0 Å². The predicted molar refractivity (Wildman–Crippen MR) is 89.3 cm³/mol. The van der Waals surface area contributed by atoms with E-state index in [0.717, 1.165) is 5.56 Å². The van der Waals surface area contributed by atoms with Crippen molar-refractivity contribution in [2.75, 3.05) is 0 Å². The number of carbonyl (C=O) groups excluding carboxylic acids is 1. The summed E-state index contributed by atoms with van der Waals surface area (Å²) in [6, 6.07) is 14.1. The van der Waals surface area contributed by atoms with Crippen molar-refractivity contribution in [1.29, 1.82) is 5.26 Å². The van der Waals surface area contributed by atoms with Crippen LogP contribution in [-0.2, 0) is 10.5 Å². The van der Waals surface area contributed by atoms with E-state index in [4.69, 9.17) is 4.42 Å². The van der Waals surface area contributed by atoms with E-state index in [1.54, 1.807) is 12.3 Å². The molecule has 1 aliphatic heterocycles. The molecule has 0 unspecified atom stereocenters. The monoisotopic (exact) mass is 324 g/mol. The average Bonchev–Trinajstić information content (AvgIpc) is 3.08. The lowest BCUT2D eigenvalue weighted by molar-refractivity contribution is -0.120. The maximum absolute atomic E-state index is 12.0. The fourth-order valence-electron chi connectivity index (χ4n) is 2.51. The van der Waals surface area contributed by atoms with Crippen molar-refractivity contribution in [1.82, 2.24) is 5.32 Å². The summed E-state index contributed by atoms with van der Waals surface area (Å²) in [6.07, 6.45) is 1.81. The molecule has 1 atom stereocenters. The number of hydrogen-bond donors (Lipinski definition) is 1. The first-order valence-corrected chi connectivity index (χ1v) is 8.32. The molecule has 23 heavy (non-hydrogen) atoms. The van der Waals surface area contributed by atoms with Crippen molar-refractivity contribution >= 4 is 17.7 Å². The lowest BCUT2D eigenvalue weighted by atomic mass is 9.92. The summed E-state index contributed by atoms with van der Waals surface area (Å²) in [6.45, 7) is 2.04. The molecule has 1 amide bonds. The van der Waals surface area contributed by atoms with Gasteiger partial charge in [-0.1, -0.05) is 29.8 Å². The maximum atomic E-state index is 12.0. The van der Waals surface area contributed by atoms with E-state index in [9.17, 15) is 10.1 Å². The number of furan rings is 1. The maximum Gasteiger partial charge on any atom is 0.225 e. The number of nitriles is 1. The highest BCUT2D eigenvalue weighted by atomic mass is 32.2. The molecule has 2 heterocycles. The van der Waals surface area contributed by atoms with Gasteiger partial charge in [-0.15, -0.1) is 11.8 Å². The van der Waals surface area contributed by atoms with Crippen LogP contribution in [0.3, 0.4) is 0 Å². The van der Waals surface area contributed by atoms with Gasteiger partial charge in [0.1, 0.15) is 5.76 Å². The van der Waals surface area contributed by atoms with Gasteiger partial charge < -0.3 is 9.73 Å². The summed E-state index contributed by atoms with van der Waals surface area (Å²) < 4.78 is 5.40. The minimum absolute atomic E-state index is 0.0863. The highest BCUT2D eigenvalue weighted by Gasteiger charge is 2.31. The molecule has 0 fully saturated rings. The highest BCUT2D eigenvalue weighted by molar-refractivity contribution is 8.02. The molecule has 3 rings (SSSR count). The van der Waals surface area contributed by atoms with Crippen molar-refractivity contribution in [2.24, 2.45) is 0 Å². The van der Waals surface area contributed by atoms with E-state index >= 15 is 0 Å². The first-order chi connectivity index (χ1) is 11.2. The van der Waals surface area contributed by atoms with Gasteiger partial charge in [0.2, 0.25) is 5.91 Å². The normalized spacial score (nSPS) is 17.7. The van der Waals surface area contributed by atoms with Crippen LogP contribution in [0.4, 0.5) is 0 Å². The Balaban J connectivity index is 1.83. The Labute approximate surface area is 139 Å². The highest BCUT2D eigenvalue weighted by Crippen LogP contribution is 2.36. The SMILES string of the molecule is Cc1ccc(CSC2=C(C#N)[C@H](c3ccco3)CC(=O)N2)cc1. The smallest absolute Gasteiger partial charge is 0.225 e. The minimum atomic E-state index is -0.302. The lowest BCUT2D eigenvalue weighted by Crippen LogP contribution is -2.30. The number of aryl methyl sites for hydroxylation is 1. The molecule has 0 bridgehead atoms. The number of nitrogens with zero attached hydrogens (tertiary/aromatic N) is 1. The Morgan fingerprint density at radius 1 is 1.35 bits per heavy atom. The number of allylic oxidation sites excluding steroid dienone is 1. The van der Waals surface area contributed by atoms with Crippen LogP contribution in [-0.4, -0.2) is 5.91 Å². The average molecular weight is 324 g/mol. The van der Waals surface area contributed by atoms with E-state index in [1.165, 1.54) is 17.3 Å². The van der Waals surface area contributed by atoms with E-state index in [2.05, 4.69) is 35.7 Å². The van der Waals surface area contributed by atoms with Crippen molar-refractivity contribution in [2.45, 2.75) is 25.0 Å². The third-order valence-electron chi connectivity index (χ3n) is 3.75. The number of nitrogens with one attached hydrogen (secondary N) is 1. The van der Waals surface area contributed by atoms with Gasteiger partial charge in [-0.3, -0.25) is 4.79 Å². The summed E-state index contributed by atoms with van der Waals surface area (Å²) in [5, 5.41) is 13.0. The molecule has 0 spiro atoms. The van der Waals surface area contributed by atoms with Crippen molar-refractivity contribution < 1.29 is 9.21 Å². The zero-order valence-electron chi connectivity index (χ0n) is 12.7. The molecule has 0 radical (unpaired) electrons. The molecule has 0 saturated carbocycles. The molecule has 2 aromatic rings. The second-order valence-electron chi connectivity index (χ2n) is 5.45. The molecule has 1 N–H and O–H groups in total. The third-order valence-corrected chi connectivity index (χ3v) is 4.83. The molecule has 1 aliphatic rings. The number of amides is 1. The van der Waals surface area contributed by atoms with Gasteiger partial charge in [0, 0.05) is 12.2 Å². The molecule has 1 aromatic carbocycles. The summed E-state index contributed by atoms with van der Waals surface area (Å²) >= 11 is 1.48. The van der Waals surface area contributed by atoms with Crippen LogP contribution in [0.15, 0.2) is 57.7 Å². The summed E-state index contributed by atoms with van der Waals surface area (Å²) in [4.78, 5) is 12.0. The first kappa shape index (κ1) is 15.4. The third kappa shape index (κ3) is 3.49. The van der Waals surface area contributed by atoms with Crippen LogP contribution in [0.2, 0.25) is 0 Å². The molecular weight excluding hydrogens is 308 g/mol. The van der Waals surface area contributed by atoms with Crippen molar-refractivity contribution in [3.05, 3.63) is 70.2 Å². The quantitative estimate of drug-likeness (QED) is 0.927. The van der Waals surface area contributed by atoms with Gasteiger partial charge in [0.15, 0.2) is 0 Å². The van der Waals surface area contributed by atoms with Crippen LogP contribution >= 0.6 is 11.8 Å². The number of thioether (sulfide) groups is 1. The Kier molecular flexibility index (Phi) is 4.54. The van der Waals surface area contributed by atoms with Gasteiger partial charge in [0.05, 0.1) is 28.9 Å². The summed E-state index contributed by atoms with van der Waals surface area (Å²) in [7, 11) is 0. The van der Waals surface area contributed by atoms with E-state index in [-0.39, 0.29) is 18.2 Å². The fourth-order valence-corrected chi connectivity index (χ4v) is 3.54. The number of carbonyl (C=O) groups is 1. The molecule has 0 aliphatic carbocycles. The second kappa shape index (κ2) is 6.76. The summed E-state index contributed by atoms with van der Waals surface area (Å²) in [5.74, 6) is 0.970. The molecule has 1 aromatic heterocycles. The Morgan fingerprint density at radius 3 is 2.78 bits per heavy atom. The van der Waals surface area contributed by atoms with Crippen molar-refractivity contribution in [3.8, 4) is 6.07 Å². The fraction of sp³-hybridized carbons (Fsp3) is 0.222. The molecule has 4 nitrogen and oxygen atoms in total. The van der Waals surface area contributed by atoms with E-state index in [0.29, 0.717) is 22.1 Å². The Bertz CT molecular complexity index is 770. The Morgan fingerprint density at radius 2 is 2.13 bits per heavy atom. The van der Waals surface area contributed by atoms with Gasteiger partial charge in [-0.05, 0) is 24.6 Å². The van der Waals surface area contributed by atoms with Gasteiger partial charge in [-0.25, -0.2) is 0 Å². The van der Waals surface area contributed by atoms with Crippen molar-refractivity contribution in [3.63, 3.8) is 0 Å². The zero-order chi connectivity index (χ0) is 16.2. The number of benzene rings is 1. The second-order valence-corrected chi connectivity index (χ2v) is 6.43. The minimum Gasteiger partial charge on any atom is -0.469 e. The van der Waals surface area contributed by atoms with Crippen LogP contribution < -0.4 is 5.32 Å². The van der Waals surface area contributed by atoms with Gasteiger partial charge in [0.25, 0.3) is 0 Å². The van der Waals surface area contributed by atoms with E-state index in [1.807, 2.05) is 13.0 Å². The van der Waals surface area contributed by atoms with Crippen LogP contribution in [0, 0.1) is 18.3 Å². The lowest BCUT2D eigenvalue weighted by Gasteiger charge is -2.23. The van der Waals surface area contributed by atoms with Gasteiger partial charge >= 0.3 is 0 Å². The van der Waals surface area contributed by atoms with Crippen LogP contribution in [0.1, 0.15) is 29.2 Å². The number of hydrogen-bond acceptors (Lipinski definition) is 4. The topological polar surface area (TPSA) is 66.0 Å². The summed E-state index contributed by atoms with van der Waals surface area (Å²) in [5.41, 5.74) is 2.93. The largest absolute Gasteiger partial charge is 0.469 e. The molecule has 0 saturated heterocycles. The number of rotatable bonds is 4. The standard InChI is InChI=1S/C18H16N2O2S/c1-12-4-6-13(7-5-12)11-23-18-15(10-19)14(9-17(21)20-18)16-3-2-8-22-16/h2-8,14H,9,11H2,1H3,(H,20,21)/t14-/m1/s1. The first-order valence-electron chi connectivity index (χ1n) is 7.33. The predicted octanol–water partition coefficient (Wildman–Crippen LogP) is 3.86. The van der Waals surface area contributed by atoms with Crippen LogP contribution in [0.5, 0.6) is 0 Å².